The molecule has 1 saturated heterocycles. The van der Waals surface area contributed by atoms with Crippen LogP contribution in [0.2, 0.25) is 0 Å². The van der Waals surface area contributed by atoms with E-state index in [0.717, 1.165) is 31.4 Å². The Morgan fingerprint density at radius 3 is 2.72 bits per heavy atom. The van der Waals surface area contributed by atoms with Gasteiger partial charge in [-0.2, -0.15) is 0 Å². The van der Waals surface area contributed by atoms with Crippen LogP contribution in [0.4, 0.5) is 0 Å². The van der Waals surface area contributed by atoms with Gasteiger partial charge in [0.2, 0.25) is 0 Å². The second-order valence-electron chi connectivity index (χ2n) is 4.15. The van der Waals surface area contributed by atoms with Crippen LogP contribution < -0.4 is 11.0 Å². The first-order valence-corrected chi connectivity index (χ1v) is 5.62. The fraction of sp³-hybridized carbons (Fsp3) is 0.455. The second kappa shape index (κ2) is 6.22. The van der Waals surface area contributed by atoms with Crippen LogP contribution in [0.5, 0.6) is 0 Å². The van der Waals surface area contributed by atoms with Crippen LogP contribution in [-0.2, 0) is 0 Å². The molecule has 1 aliphatic rings. The molecule has 2 aromatic heterocycles. The maximum atomic E-state index is 11.9. The standard InChI is InChI=1S/C11H14N4O.2ClH/c16-11-14-10-9(2-1-5-13-10)15(11)8-3-6-12-7-4-8;;/h1-2,5,8,12H,3-4,6-7H2,(H,13,14,16);2*1H. The highest BCUT2D eigenvalue weighted by Gasteiger charge is 2.19. The Morgan fingerprint density at radius 2 is 2.00 bits per heavy atom. The molecular weight excluding hydrogens is 275 g/mol. The highest BCUT2D eigenvalue weighted by molar-refractivity contribution is 5.85. The number of aromatic amines is 1. The summed E-state index contributed by atoms with van der Waals surface area (Å²) >= 11 is 0. The number of piperidine rings is 1. The van der Waals surface area contributed by atoms with Crippen LogP contribution in [0, 0.1) is 0 Å². The summed E-state index contributed by atoms with van der Waals surface area (Å²) in [6, 6.07) is 4.11. The number of nitrogens with one attached hydrogen (secondary N) is 2. The maximum Gasteiger partial charge on any atom is 0.327 e. The minimum absolute atomic E-state index is 0. The van der Waals surface area contributed by atoms with Crippen LogP contribution >= 0.6 is 24.8 Å². The third-order valence-corrected chi connectivity index (χ3v) is 3.16. The van der Waals surface area contributed by atoms with Gasteiger partial charge in [0, 0.05) is 12.2 Å². The largest absolute Gasteiger partial charge is 0.327 e. The number of rotatable bonds is 1. The van der Waals surface area contributed by atoms with Crippen molar-refractivity contribution in [1.82, 2.24) is 19.9 Å². The van der Waals surface area contributed by atoms with Crippen molar-refractivity contribution in [1.29, 1.82) is 0 Å². The number of H-pyrrole nitrogens is 1. The predicted molar refractivity (Wildman–Crippen MR) is 76.0 cm³/mol. The van der Waals surface area contributed by atoms with E-state index < -0.39 is 0 Å². The average Bonchev–Trinajstić information content (AvgIpc) is 2.66. The molecule has 0 amide bonds. The Kier molecular flexibility index (Phi) is 5.19. The zero-order valence-corrected chi connectivity index (χ0v) is 11.4. The summed E-state index contributed by atoms with van der Waals surface area (Å²) in [6.45, 7) is 1.95. The van der Waals surface area contributed by atoms with Gasteiger partial charge in [0.25, 0.3) is 0 Å². The summed E-state index contributed by atoms with van der Waals surface area (Å²) in [6.07, 6.45) is 3.70. The Bertz CT molecular complexity index is 559. The van der Waals surface area contributed by atoms with E-state index in [2.05, 4.69) is 15.3 Å². The summed E-state index contributed by atoms with van der Waals surface area (Å²) < 4.78 is 1.85. The normalized spacial score (nSPS) is 16.0. The molecule has 3 rings (SSSR count). The number of imidazole rings is 1. The number of aromatic nitrogens is 3. The van der Waals surface area contributed by atoms with E-state index in [0.29, 0.717) is 11.7 Å². The molecule has 0 spiro atoms. The van der Waals surface area contributed by atoms with Crippen molar-refractivity contribution >= 4 is 36.0 Å². The zero-order chi connectivity index (χ0) is 11.0. The lowest BCUT2D eigenvalue weighted by Gasteiger charge is -2.23. The lowest BCUT2D eigenvalue weighted by atomic mass is 10.1. The van der Waals surface area contributed by atoms with Crippen LogP contribution in [0.25, 0.3) is 11.2 Å². The molecule has 0 atom stereocenters. The molecule has 0 aliphatic carbocycles. The number of hydrogen-bond donors (Lipinski definition) is 2. The lowest BCUT2D eigenvalue weighted by Crippen LogP contribution is -2.33. The Balaban J connectivity index is 0.000000810. The van der Waals surface area contributed by atoms with Crippen LogP contribution in [0.15, 0.2) is 23.1 Å². The van der Waals surface area contributed by atoms with Crippen LogP contribution in [0.1, 0.15) is 18.9 Å². The van der Waals surface area contributed by atoms with Crippen molar-refractivity contribution in [2.45, 2.75) is 18.9 Å². The lowest BCUT2D eigenvalue weighted by molar-refractivity contribution is 0.368. The smallest absolute Gasteiger partial charge is 0.317 e. The van der Waals surface area contributed by atoms with E-state index in [-0.39, 0.29) is 30.5 Å². The topological polar surface area (TPSA) is 62.7 Å². The van der Waals surface area contributed by atoms with Crippen molar-refractivity contribution in [3.05, 3.63) is 28.8 Å². The molecule has 100 valence electrons. The third-order valence-electron chi connectivity index (χ3n) is 3.16. The van der Waals surface area contributed by atoms with Gasteiger partial charge in [-0.1, -0.05) is 0 Å². The minimum Gasteiger partial charge on any atom is -0.317 e. The number of nitrogens with zero attached hydrogens (tertiary/aromatic N) is 2. The highest BCUT2D eigenvalue weighted by Crippen LogP contribution is 2.20. The first kappa shape index (κ1) is 15.0. The number of pyridine rings is 1. The predicted octanol–water partition coefficient (Wildman–Crippen LogP) is 1.49. The molecule has 7 heteroatoms. The van der Waals surface area contributed by atoms with E-state index in [1.165, 1.54) is 0 Å². The molecule has 18 heavy (non-hydrogen) atoms. The number of hydrogen-bond acceptors (Lipinski definition) is 3. The summed E-state index contributed by atoms with van der Waals surface area (Å²) in [5, 5.41) is 3.30. The van der Waals surface area contributed by atoms with Crippen molar-refractivity contribution in [3.63, 3.8) is 0 Å². The molecule has 0 radical (unpaired) electrons. The Hall–Kier alpha value is -1.04. The van der Waals surface area contributed by atoms with Crippen LogP contribution in [-0.4, -0.2) is 27.6 Å². The van der Waals surface area contributed by atoms with E-state index in [9.17, 15) is 4.79 Å². The summed E-state index contributed by atoms with van der Waals surface area (Å²) in [4.78, 5) is 18.9. The van der Waals surface area contributed by atoms with E-state index in [1.54, 1.807) is 6.20 Å². The molecule has 1 aliphatic heterocycles. The van der Waals surface area contributed by atoms with Gasteiger partial charge in [0.15, 0.2) is 5.65 Å². The fourth-order valence-electron chi connectivity index (χ4n) is 2.39. The third kappa shape index (κ3) is 2.53. The molecule has 5 nitrogen and oxygen atoms in total. The molecular formula is C11H16Cl2N4O. The van der Waals surface area contributed by atoms with Gasteiger partial charge in [-0.05, 0) is 38.1 Å². The highest BCUT2D eigenvalue weighted by atomic mass is 35.5. The summed E-state index contributed by atoms with van der Waals surface area (Å²) in [5.74, 6) is 0. The van der Waals surface area contributed by atoms with Crippen LogP contribution in [0.3, 0.4) is 0 Å². The van der Waals surface area contributed by atoms with Gasteiger partial charge in [0.1, 0.15) is 0 Å². The summed E-state index contributed by atoms with van der Waals surface area (Å²) in [7, 11) is 0. The first-order chi connectivity index (χ1) is 7.86. The van der Waals surface area contributed by atoms with Gasteiger partial charge in [-0.15, -0.1) is 24.8 Å². The Morgan fingerprint density at radius 1 is 1.28 bits per heavy atom. The van der Waals surface area contributed by atoms with Crippen molar-refractivity contribution < 1.29 is 0 Å². The zero-order valence-electron chi connectivity index (χ0n) is 9.76. The Labute approximate surface area is 117 Å². The van der Waals surface area contributed by atoms with Gasteiger partial charge in [-0.25, -0.2) is 9.78 Å². The molecule has 2 N–H and O–H groups in total. The first-order valence-electron chi connectivity index (χ1n) is 5.62. The second-order valence-corrected chi connectivity index (χ2v) is 4.15. The molecule has 3 heterocycles. The fourth-order valence-corrected chi connectivity index (χ4v) is 2.39. The quantitative estimate of drug-likeness (QED) is 0.837. The van der Waals surface area contributed by atoms with Gasteiger partial charge in [0.05, 0.1) is 5.52 Å². The SMILES string of the molecule is Cl.Cl.O=c1[nH]c2ncccc2n1C1CCNCC1. The average molecular weight is 291 g/mol. The maximum absolute atomic E-state index is 11.9. The minimum atomic E-state index is -0.0411. The number of fused-ring (bicyclic) bond motifs is 1. The van der Waals surface area contributed by atoms with Crippen molar-refractivity contribution in [2.75, 3.05) is 13.1 Å². The van der Waals surface area contributed by atoms with Crippen molar-refractivity contribution in [2.24, 2.45) is 0 Å². The molecule has 0 saturated carbocycles. The molecule has 0 unspecified atom stereocenters. The van der Waals surface area contributed by atoms with Gasteiger partial charge < -0.3 is 5.32 Å². The molecule has 0 aromatic carbocycles. The van der Waals surface area contributed by atoms with Crippen molar-refractivity contribution in [3.8, 4) is 0 Å². The van der Waals surface area contributed by atoms with E-state index >= 15 is 0 Å². The van der Waals surface area contributed by atoms with E-state index in [4.69, 9.17) is 0 Å². The number of halogens is 2. The molecule has 2 aromatic rings. The summed E-state index contributed by atoms with van der Waals surface area (Å²) in [5.41, 5.74) is 1.56. The van der Waals surface area contributed by atoms with E-state index in [1.807, 2.05) is 16.7 Å². The monoisotopic (exact) mass is 290 g/mol. The van der Waals surface area contributed by atoms with Gasteiger partial charge >= 0.3 is 5.69 Å². The molecule has 1 fully saturated rings. The van der Waals surface area contributed by atoms with Gasteiger partial charge in [-0.3, -0.25) is 9.55 Å². The molecule has 0 bridgehead atoms.